The van der Waals surface area contributed by atoms with Crippen LogP contribution in [-0.4, -0.2) is 35.3 Å². The summed E-state index contributed by atoms with van der Waals surface area (Å²) >= 11 is 1.61. The Morgan fingerprint density at radius 1 is 1.09 bits per heavy atom. The molecule has 0 aromatic heterocycles. The average molecular weight is 474 g/mol. The largest absolute Gasteiger partial charge is 0.494 e. The van der Waals surface area contributed by atoms with Crippen LogP contribution in [0.4, 0.5) is 0 Å². The third-order valence-corrected chi connectivity index (χ3v) is 6.61. The number of thioether (sulfide) groups is 1. The molecule has 174 valence electrons. The minimum absolute atomic E-state index is 0.0629. The van der Waals surface area contributed by atoms with Gasteiger partial charge in [0.2, 0.25) is 5.91 Å². The van der Waals surface area contributed by atoms with E-state index in [1.165, 1.54) is 0 Å². The van der Waals surface area contributed by atoms with Crippen molar-refractivity contribution < 1.29 is 14.3 Å². The Bertz CT molecular complexity index is 1130. The molecule has 0 radical (unpaired) electrons. The summed E-state index contributed by atoms with van der Waals surface area (Å²) in [5.41, 5.74) is 6.03. The minimum atomic E-state index is -0.290. The van der Waals surface area contributed by atoms with Crippen molar-refractivity contribution in [3.63, 3.8) is 0 Å². The summed E-state index contributed by atoms with van der Waals surface area (Å²) in [5.74, 6) is 1.11. The molecule has 0 unspecified atom stereocenters. The first-order chi connectivity index (χ1) is 16.6. The molecule has 1 N–H and O–H groups in total. The van der Waals surface area contributed by atoms with Gasteiger partial charge in [-0.15, -0.1) is 11.8 Å². The number of hydrazone groups is 1. The van der Waals surface area contributed by atoms with Gasteiger partial charge in [0.1, 0.15) is 11.1 Å². The van der Waals surface area contributed by atoms with E-state index in [-0.39, 0.29) is 17.2 Å². The van der Waals surface area contributed by atoms with Gasteiger partial charge in [0.25, 0.3) is 5.91 Å². The van der Waals surface area contributed by atoms with Crippen molar-refractivity contribution in [1.82, 2.24) is 10.3 Å². The number of nitrogens with zero attached hydrogens (tertiary/aromatic N) is 2. The van der Waals surface area contributed by atoms with Gasteiger partial charge in [0.15, 0.2) is 0 Å². The van der Waals surface area contributed by atoms with E-state index >= 15 is 0 Å². The molecular weight excluding hydrogens is 446 g/mol. The number of carbonyl (C=O) groups excluding carboxylic acids is 2. The van der Waals surface area contributed by atoms with Gasteiger partial charge in [-0.2, -0.15) is 5.10 Å². The van der Waals surface area contributed by atoms with Gasteiger partial charge in [-0.05, 0) is 59.5 Å². The molecule has 34 heavy (non-hydrogen) atoms. The standard InChI is InChI=1S/C27H27N3O3S/c1-2-16-33-24-14-8-20(9-15-24)17-28-29-26(32)22-10-12-23(13-11-22)27-30(25(31)19-34-27)18-21-6-4-3-5-7-21/h3-15,17,27H,2,16,18-19H2,1H3,(H,29,32)/b28-17-/t27-/m0/s1. The van der Waals surface area contributed by atoms with Crippen molar-refractivity contribution in [2.75, 3.05) is 12.4 Å². The lowest BCUT2D eigenvalue weighted by Gasteiger charge is -2.24. The van der Waals surface area contributed by atoms with Crippen molar-refractivity contribution >= 4 is 29.8 Å². The van der Waals surface area contributed by atoms with Gasteiger partial charge in [-0.25, -0.2) is 5.43 Å². The number of nitrogens with one attached hydrogen (secondary N) is 1. The Labute approximate surface area is 204 Å². The van der Waals surface area contributed by atoms with Gasteiger partial charge >= 0.3 is 0 Å². The number of carbonyl (C=O) groups is 2. The van der Waals surface area contributed by atoms with E-state index in [4.69, 9.17) is 4.74 Å². The van der Waals surface area contributed by atoms with Crippen LogP contribution in [0.25, 0.3) is 0 Å². The molecule has 3 aromatic rings. The lowest BCUT2D eigenvalue weighted by atomic mass is 10.1. The Hall–Kier alpha value is -3.58. The van der Waals surface area contributed by atoms with Crippen molar-refractivity contribution in [1.29, 1.82) is 0 Å². The van der Waals surface area contributed by atoms with Crippen LogP contribution >= 0.6 is 11.8 Å². The molecule has 1 heterocycles. The Balaban J connectivity index is 1.34. The lowest BCUT2D eigenvalue weighted by Crippen LogP contribution is -2.27. The predicted octanol–water partition coefficient (Wildman–Crippen LogP) is 5.01. The fourth-order valence-electron chi connectivity index (χ4n) is 3.58. The monoisotopic (exact) mass is 473 g/mol. The molecule has 0 bridgehead atoms. The summed E-state index contributed by atoms with van der Waals surface area (Å²) in [6.45, 7) is 3.32. The second kappa shape index (κ2) is 11.5. The Kier molecular flexibility index (Phi) is 7.99. The zero-order chi connectivity index (χ0) is 23.8. The van der Waals surface area contributed by atoms with Gasteiger partial charge in [0.05, 0.1) is 18.6 Å². The summed E-state index contributed by atoms with van der Waals surface area (Å²) in [5, 5.41) is 3.99. The van der Waals surface area contributed by atoms with Crippen LogP contribution in [0, 0.1) is 0 Å². The zero-order valence-electron chi connectivity index (χ0n) is 19.0. The van der Waals surface area contributed by atoms with Gasteiger partial charge in [-0.1, -0.05) is 49.4 Å². The first-order valence-electron chi connectivity index (χ1n) is 11.3. The summed E-state index contributed by atoms with van der Waals surface area (Å²) < 4.78 is 5.56. The highest BCUT2D eigenvalue weighted by Gasteiger charge is 2.32. The second-order valence-corrected chi connectivity index (χ2v) is 8.98. The molecule has 0 aliphatic carbocycles. The fourth-order valence-corrected chi connectivity index (χ4v) is 4.77. The van der Waals surface area contributed by atoms with Crippen LogP contribution in [0.5, 0.6) is 5.75 Å². The van der Waals surface area contributed by atoms with Crippen LogP contribution in [-0.2, 0) is 11.3 Å². The lowest BCUT2D eigenvalue weighted by molar-refractivity contribution is -0.128. The van der Waals surface area contributed by atoms with Crippen LogP contribution in [0.3, 0.4) is 0 Å². The van der Waals surface area contributed by atoms with Gasteiger partial charge in [0, 0.05) is 12.1 Å². The third kappa shape index (κ3) is 6.05. The molecule has 3 aromatic carbocycles. The maximum atomic E-state index is 12.5. The first-order valence-corrected chi connectivity index (χ1v) is 12.3. The molecule has 2 amide bonds. The summed E-state index contributed by atoms with van der Waals surface area (Å²) in [6.07, 6.45) is 2.55. The zero-order valence-corrected chi connectivity index (χ0v) is 19.8. The molecule has 1 aliphatic rings. The molecule has 0 saturated carbocycles. The van der Waals surface area contributed by atoms with E-state index in [0.29, 0.717) is 24.5 Å². The molecule has 6 nitrogen and oxygen atoms in total. The molecule has 1 aliphatic heterocycles. The second-order valence-electron chi connectivity index (χ2n) is 7.91. The highest BCUT2D eigenvalue weighted by molar-refractivity contribution is 8.00. The fraction of sp³-hybridized carbons (Fsp3) is 0.222. The minimum Gasteiger partial charge on any atom is -0.494 e. The predicted molar refractivity (Wildman–Crippen MR) is 136 cm³/mol. The van der Waals surface area contributed by atoms with E-state index in [1.54, 1.807) is 30.1 Å². The SMILES string of the molecule is CCCOc1ccc(/C=N\NC(=O)c2ccc([C@@H]3SCC(=O)N3Cc3ccccc3)cc2)cc1. The number of hydrogen-bond acceptors (Lipinski definition) is 5. The highest BCUT2D eigenvalue weighted by Crippen LogP contribution is 2.39. The van der Waals surface area contributed by atoms with Crippen LogP contribution in [0.15, 0.2) is 84.0 Å². The van der Waals surface area contributed by atoms with Crippen molar-refractivity contribution in [3.8, 4) is 5.75 Å². The van der Waals surface area contributed by atoms with E-state index in [0.717, 1.165) is 28.9 Å². The van der Waals surface area contributed by atoms with E-state index < -0.39 is 0 Å². The normalized spacial score (nSPS) is 15.6. The molecule has 1 atom stereocenters. The Morgan fingerprint density at radius 2 is 1.82 bits per heavy atom. The summed E-state index contributed by atoms with van der Waals surface area (Å²) in [6, 6.07) is 24.8. The number of amides is 2. The van der Waals surface area contributed by atoms with Crippen LogP contribution < -0.4 is 10.2 Å². The van der Waals surface area contributed by atoms with Gasteiger partial charge in [-0.3, -0.25) is 9.59 Å². The number of rotatable bonds is 9. The topological polar surface area (TPSA) is 71.0 Å². The van der Waals surface area contributed by atoms with Gasteiger partial charge < -0.3 is 9.64 Å². The van der Waals surface area contributed by atoms with Crippen LogP contribution in [0.2, 0.25) is 0 Å². The van der Waals surface area contributed by atoms with E-state index in [2.05, 4.69) is 17.5 Å². The molecular formula is C27H27N3O3S. The molecule has 1 saturated heterocycles. The van der Waals surface area contributed by atoms with Crippen molar-refractivity contribution in [2.45, 2.75) is 25.3 Å². The maximum Gasteiger partial charge on any atom is 0.271 e. The third-order valence-electron chi connectivity index (χ3n) is 5.35. The summed E-state index contributed by atoms with van der Waals surface area (Å²) in [7, 11) is 0. The first kappa shape index (κ1) is 23.6. The van der Waals surface area contributed by atoms with Crippen molar-refractivity contribution in [2.24, 2.45) is 5.10 Å². The van der Waals surface area contributed by atoms with E-state index in [1.807, 2.05) is 71.6 Å². The number of benzene rings is 3. The van der Waals surface area contributed by atoms with Crippen molar-refractivity contribution in [3.05, 3.63) is 101 Å². The highest BCUT2D eigenvalue weighted by atomic mass is 32.2. The molecule has 4 rings (SSSR count). The quantitative estimate of drug-likeness (QED) is 0.350. The Morgan fingerprint density at radius 3 is 2.53 bits per heavy atom. The summed E-state index contributed by atoms with van der Waals surface area (Å²) in [4.78, 5) is 26.8. The number of ether oxygens (including phenoxy) is 1. The van der Waals surface area contributed by atoms with E-state index in [9.17, 15) is 9.59 Å². The molecule has 0 spiro atoms. The number of hydrogen-bond donors (Lipinski definition) is 1. The maximum absolute atomic E-state index is 12.5. The average Bonchev–Trinajstić information content (AvgIpc) is 3.24. The molecule has 7 heteroatoms. The smallest absolute Gasteiger partial charge is 0.271 e. The van der Waals surface area contributed by atoms with Crippen LogP contribution in [0.1, 0.15) is 45.8 Å². The molecule has 1 fully saturated rings.